The van der Waals surface area contributed by atoms with E-state index in [1.54, 1.807) is 6.92 Å². The average molecular weight is 302 g/mol. The van der Waals surface area contributed by atoms with E-state index >= 15 is 0 Å². The van der Waals surface area contributed by atoms with E-state index in [0.29, 0.717) is 6.61 Å². The molecule has 0 unspecified atom stereocenters. The van der Waals surface area contributed by atoms with Gasteiger partial charge in [0.25, 0.3) is 5.91 Å². The molecule has 1 amide bonds. The number of aromatic nitrogens is 4. The molecule has 0 aliphatic rings. The summed E-state index contributed by atoms with van der Waals surface area (Å²) in [5.74, 6) is -0.275. The third kappa shape index (κ3) is 3.55. The molecule has 0 saturated heterocycles. The molecule has 2 aromatic rings. The Morgan fingerprint density at radius 2 is 2.05 bits per heavy atom. The number of hydrogen-bond donors (Lipinski definition) is 2. The normalized spacial score (nSPS) is 10.3. The van der Waals surface area contributed by atoms with Gasteiger partial charge in [-0.15, -0.1) is 5.10 Å². The number of pyridine rings is 1. The third-order valence-electron chi connectivity index (χ3n) is 2.00. The lowest BCUT2D eigenvalue weighted by molar-refractivity contribution is 0.102. The Labute approximate surface area is 118 Å². The molecule has 0 aliphatic heterocycles. The van der Waals surface area contributed by atoms with Gasteiger partial charge in [0.15, 0.2) is 0 Å². The second-order valence-corrected chi connectivity index (χ2v) is 4.13. The molecule has 0 aromatic carbocycles. The van der Waals surface area contributed by atoms with Crippen LogP contribution in [-0.2, 0) is 0 Å². The van der Waals surface area contributed by atoms with Crippen LogP contribution >= 0.6 is 23.2 Å². The van der Waals surface area contributed by atoms with Crippen LogP contribution in [0.4, 0.5) is 5.95 Å². The van der Waals surface area contributed by atoms with E-state index in [4.69, 9.17) is 27.9 Å². The number of hydrogen-bond acceptors (Lipinski definition) is 5. The summed E-state index contributed by atoms with van der Waals surface area (Å²) < 4.78 is 5.06. The van der Waals surface area contributed by atoms with Gasteiger partial charge in [0, 0.05) is 5.56 Å². The molecule has 0 bridgehead atoms. The number of aromatic amines is 1. The number of anilines is 1. The van der Waals surface area contributed by atoms with Gasteiger partial charge in [-0.05, 0) is 19.1 Å². The SMILES string of the molecule is CCOc1n[nH]c(NC(=O)c2cc(Cl)nc(Cl)c2)n1. The summed E-state index contributed by atoms with van der Waals surface area (Å²) in [4.78, 5) is 19.6. The van der Waals surface area contributed by atoms with Crippen LogP contribution in [0.5, 0.6) is 6.01 Å². The summed E-state index contributed by atoms with van der Waals surface area (Å²) in [6, 6.07) is 2.94. The first-order valence-electron chi connectivity index (χ1n) is 5.28. The molecule has 0 aliphatic carbocycles. The summed E-state index contributed by atoms with van der Waals surface area (Å²) in [6.45, 7) is 2.23. The molecule has 2 heterocycles. The molecular formula is C10H9Cl2N5O2. The van der Waals surface area contributed by atoms with E-state index < -0.39 is 5.91 Å². The zero-order chi connectivity index (χ0) is 13.8. The molecule has 0 fully saturated rings. The van der Waals surface area contributed by atoms with Gasteiger partial charge in [-0.3, -0.25) is 10.1 Å². The molecule has 0 spiro atoms. The topological polar surface area (TPSA) is 92.8 Å². The molecule has 0 radical (unpaired) electrons. The minimum atomic E-state index is -0.439. The molecule has 2 rings (SSSR count). The van der Waals surface area contributed by atoms with Gasteiger partial charge in [0.05, 0.1) is 6.61 Å². The standard InChI is InChI=1S/C10H9Cl2N5O2/c1-2-19-10-15-9(16-17-10)14-8(18)5-3-6(11)13-7(12)4-5/h3-4H,2H2,1H3,(H2,14,15,16,17,18). The summed E-state index contributed by atoms with van der Waals surface area (Å²) >= 11 is 11.4. The van der Waals surface area contributed by atoms with Crippen molar-refractivity contribution in [2.75, 3.05) is 11.9 Å². The van der Waals surface area contributed by atoms with Crippen LogP contribution in [0, 0.1) is 0 Å². The van der Waals surface area contributed by atoms with E-state index in [0.717, 1.165) is 0 Å². The molecule has 100 valence electrons. The highest BCUT2D eigenvalue weighted by atomic mass is 35.5. The van der Waals surface area contributed by atoms with Crippen molar-refractivity contribution in [2.45, 2.75) is 6.92 Å². The van der Waals surface area contributed by atoms with Crippen molar-refractivity contribution in [3.8, 4) is 6.01 Å². The summed E-state index contributed by atoms with van der Waals surface area (Å²) in [5.41, 5.74) is 0.263. The first-order chi connectivity index (χ1) is 9.08. The van der Waals surface area contributed by atoms with Crippen molar-refractivity contribution >= 4 is 35.1 Å². The smallest absolute Gasteiger partial charge is 0.337 e. The molecule has 2 N–H and O–H groups in total. The fourth-order valence-electron chi connectivity index (χ4n) is 1.27. The number of carbonyl (C=O) groups excluding carboxylic acids is 1. The predicted molar refractivity (Wildman–Crippen MR) is 69.8 cm³/mol. The Balaban J connectivity index is 2.11. The number of nitrogens with zero attached hydrogens (tertiary/aromatic N) is 3. The Morgan fingerprint density at radius 3 is 2.68 bits per heavy atom. The van der Waals surface area contributed by atoms with Crippen molar-refractivity contribution in [3.63, 3.8) is 0 Å². The van der Waals surface area contributed by atoms with Crippen LogP contribution in [-0.4, -0.2) is 32.7 Å². The average Bonchev–Trinajstić information content (AvgIpc) is 2.76. The lowest BCUT2D eigenvalue weighted by Crippen LogP contribution is -2.13. The van der Waals surface area contributed by atoms with Crippen LogP contribution in [0.1, 0.15) is 17.3 Å². The lowest BCUT2D eigenvalue weighted by atomic mass is 10.2. The zero-order valence-corrected chi connectivity index (χ0v) is 11.3. The second kappa shape index (κ2) is 5.85. The molecule has 0 saturated carbocycles. The summed E-state index contributed by atoms with van der Waals surface area (Å²) in [7, 11) is 0. The monoisotopic (exact) mass is 301 g/mol. The highest BCUT2D eigenvalue weighted by molar-refractivity contribution is 6.33. The van der Waals surface area contributed by atoms with Crippen molar-refractivity contribution in [1.29, 1.82) is 0 Å². The largest absolute Gasteiger partial charge is 0.463 e. The minimum Gasteiger partial charge on any atom is -0.463 e. The molecule has 2 aromatic heterocycles. The Kier molecular flexibility index (Phi) is 4.18. The summed E-state index contributed by atoms with van der Waals surface area (Å²) in [6.07, 6.45) is 0. The number of H-pyrrole nitrogens is 1. The minimum absolute atomic E-state index is 0.130. The van der Waals surface area contributed by atoms with Crippen LogP contribution in [0.15, 0.2) is 12.1 Å². The van der Waals surface area contributed by atoms with Gasteiger partial charge in [-0.1, -0.05) is 23.2 Å². The van der Waals surface area contributed by atoms with Gasteiger partial charge in [0.2, 0.25) is 5.95 Å². The number of halogens is 2. The number of ether oxygens (including phenoxy) is 1. The number of carbonyl (C=O) groups is 1. The fraction of sp³-hybridized carbons (Fsp3) is 0.200. The zero-order valence-electron chi connectivity index (χ0n) is 9.78. The van der Waals surface area contributed by atoms with Gasteiger partial charge < -0.3 is 4.74 Å². The predicted octanol–water partition coefficient (Wildman–Crippen LogP) is 2.16. The van der Waals surface area contributed by atoms with Crippen LogP contribution in [0.2, 0.25) is 10.3 Å². The molecule has 0 atom stereocenters. The number of rotatable bonds is 4. The highest BCUT2D eigenvalue weighted by Crippen LogP contribution is 2.16. The van der Waals surface area contributed by atoms with Gasteiger partial charge in [0.1, 0.15) is 10.3 Å². The van der Waals surface area contributed by atoms with Crippen molar-refractivity contribution in [1.82, 2.24) is 20.2 Å². The van der Waals surface area contributed by atoms with E-state index in [1.807, 2.05) is 0 Å². The number of nitrogens with one attached hydrogen (secondary N) is 2. The quantitative estimate of drug-likeness (QED) is 0.844. The first-order valence-corrected chi connectivity index (χ1v) is 6.03. The Hall–Kier alpha value is -1.86. The van der Waals surface area contributed by atoms with Crippen LogP contribution < -0.4 is 10.1 Å². The van der Waals surface area contributed by atoms with E-state index in [-0.39, 0.29) is 27.8 Å². The highest BCUT2D eigenvalue weighted by Gasteiger charge is 2.12. The van der Waals surface area contributed by atoms with Crippen molar-refractivity contribution < 1.29 is 9.53 Å². The maximum atomic E-state index is 11.9. The molecule has 9 heteroatoms. The molecule has 19 heavy (non-hydrogen) atoms. The molecule has 7 nitrogen and oxygen atoms in total. The lowest BCUT2D eigenvalue weighted by Gasteiger charge is -2.02. The van der Waals surface area contributed by atoms with Gasteiger partial charge in [-0.2, -0.15) is 4.98 Å². The van der Waals surface area contributed by atoms with Crippen LogP contribution in [0.3, 0.4) is 0 Å². The maximum Gasteiger partial charge on any atom is 0.337 e. The van der Waals surface area contributed by atoms with Crippen LogP contribution in [0.25, 0.3) is 0 Å². The fourth-order valence-corrected chi connectivity index (χ4v) is 1.73. The van der Waals surface area contributed by atoms with E-state index in [1.165, 1.54) is 12.1 Å². The number of amides is 1. The maximum absolute atomic E-state index is 11.9. The Bertz CT molecular complexity index is 581. The van der Waals surface area contributed by atoms with E-state index in [9.17, 15) is 4.79 Å². The van der Waals surface area contributed by atoms with Crippen molar-refractivity contribution in [2.24, 2.45) is 0 Å². The van der Waals surface area contributed by atoms with E-state index in [2.05, 4.69) is 25.5 Å². The Morgan fingerprint density at radius 1 is 1.37 bits per heavy atom. The molecular weight excluding hydrogens is 293 g/mol. The summed E-state index contributed by atoms with van der Waals surface area (Å²) in [5, 5.41) is 9.03. The van der Waals surface area contributed by atoms with Gasteiger partial charge >= 0.3 is 6.01 Å². The third-order valence-corrected chi connectivity index (χ3v) is 2.38. The van der Waals surface area contributed by atoms with Gasteiger partial charge in [-0.25, -0.2) is 10.1 Å². The second-order valence-electron chi connectivity index (χ2n) is 3.35. The first kappa shape index (κ1) is 13.6. The van der Waals surface area contributed by atoms with Crippen molar-refractivity contribution in [3.05, 3.63) is 28.0 Å².